The Morgan fingerprint density at radius 3 is 2.71 bits per heavy atom. The van der Waals surface area contributed by atoms with Crippen molar-refractivity contribution < 1.29 is 0 Å². The standard InChI is InChI=1S/C13H22N4/c1-10-5-3-4-6-17(10)13(7-14)12-8-15-11(2)16-9-12/h8-10,13H,3-7,14H2,1-2H3/t10?,13-/m0/s1. The molecule has 1 aromatic heterocycles. The number of aryl methyl sites for hydroxylation is 1. The molecule has 0 aliphatic carbocycles. The second kappa shape index (κ2) is 5.56. The molecule has 0 amide bonds. The maximum Gasteiger partial charge on any atom is 0.125 e. The van der Waals surface area contributed by atoms with Crippen molar-refractivity contribution in [1.82, 2.24) is 14.9 Å². The monoisotopic (exact) mass is 234 g/mol. The minimum Gasteiger partial charge on any atom is -0.329 e. The van der Waals surface area contributed by atoms with Gasteiger partial charge in [0.2, 0.25) is 0 Å². The van der Waals surface area contributed by atoms with Gasteiger partial charge >= 0.3 is 0 Å². The highest BCUT2D eigenvalue weighted by Gasteiger charge is 2.26. The zero-order valence-electron chi connectivity index (χ0n) is 10.8. The summed E-state index contributed by atoms with van der Waals surface area (Å²) in [6.45, 7) is 5.97. The van der Waals surface area contributed by atoms with Crippen LogP contribution >= 0.6 is 0 Å². The fourth-order valence-electron chi connectivity index (χ4n) is 2.62. The van der Waals surface area contributed by atoms with E-state index in [0.29, 0.717) is 12.6 Å². The van der Waals surface area contributed by atoms with Crippen LogP contribution in [0.3, 0.4) is 0 Å². The third-order valence-electron chi connectivity index (χ3n) is 3.66. The molecule has 94 valence electrons. The van der Waals surface area contributed by atoms with Crippen LogP contribution in [0, 0.1) is 6.92 Å². The highest BCUT2D eigenvalue weighted by Crippen LogP contribution is 2.27. The lowest BCUT2D eigenvalue weighted by Crippen LogP contribution is -2.43. The van der Waals surface area contributed by atoms with Gasteiger partial charge in [-0.1, -0.05) is 6.42 Å². The van der Waals surface area contributed by atoms with E-state index in [4.69, 9.17) is 5.73 Å². The van der Waals surface area contributed by atoms with Gasteiger partial charge in [0.1, 0.15) is 5.82 Å². The fraction of sp³-hybridized carbons (Fsp3) is 0.692. The number of likely N-dealkylation sites (tertiary alicyclic amines) is 1. The first-order valence-corrected chi connectivity index (χ1v) is 6.46. The molecule has 17 heavy (non-hydrogen) atoms. The molecule has 0 bridgehead atoms. The molecule has 0 spiro atoms. The summed E-state index contributed by atoms with van der Waals surface area (Å²) in [7, 11) is 0. The van der Waals surface area contributed by atoms with Gasteiger partial charge in [0.25, 0.3) is 0 Å². The first kappa shape index (κ1) is 12.5. The van der Waals surface area contributed by atoms with Crippen molar-refractivity contribution in [3.63, 3.8) is 0 Å². The van der Waals surface area contributed by atoms with Gasteiger partial charge in [-0.25, -0.2) is 9.97 Å². The molecule has 2 atom stereocenters. The first-order chi connectivity index (χ1) is 8.22. The molecule has 4 nitrogen and oxygen atoms in total. The Morgan fingerprint density at radius 2 is 2.12 bits per heavy atom. The molecule has 2 heterocycles. The predicted octanol–water partition coefficient (Wildman–Crippen LogP) is 1.66. The first-order valence-electron chi connectivity index (χ1n) is 6.46. The predicted molar refractivity (Wildman–Crippen MR) is 68.6 cm³/mol. The van der Waals surface area contributed by atoms with E-state index in [0.717, 1.165) is 17.9 Å². The van der Waals surface area contributed by atoms with Crippen LogP contribution in [0.15, 0.2) is 12.4 Å². The topological polar surface area (TPSA) is 55.0 Å². The van der Waals surface area contributed by atoms with Crippen molar-refractivity contribution in [2.75, 3.05) is 13.1 Å². The summed E-state index contributed by atoms with van der Waals surface area (Å²) in [5.41, 5.74) is 7.08. The average Bonchev–Trinajstić information content (AvgIpc) is 2.35. The van der Waals surface area contributed by atoms with Crippen LogP contribution in [0.25, 0.3) is 0 Å². The molecule has 0 aromatic carbocycles. The number of hydrogen-bond acceptors (Lipinski definition) is 4. The van der Waals surface area contributed by atoms with E-state index >= 15 is 0 Å². The van der Waals surface area contributed by atoms with Crippen LogP contribution in [-0.4, -0.2) is 34.0 Å². The molecule has 2 N–H and O–H groups in total. The summed E-state index contributed by atoms with van der Waals surface area (Å²) in [5, 5.41) is 0. The molecule has 2 rings (SSSR count). The summed E-state index contributed by atoms with van der Waals surface area (Å²) < 4.78 is 0. The maximum atomic E-state index is 5.94. The number of nitrogens with two attached hydrogens (primary N) is 1. The van der Waals surface area contributed by atoms with Crippen LogP contribution in [0.1, 0.15) is 43.6 Å². The van der Waals surface area contributed by atoms with E-state index in [9.17, 15) is 0 Å². The number of nitrogens with zero attached hydrogens (tertiary/aromatic N) is 3. The quantitative estimate of drug-likeness (QED) is 0.864. The van der Waals surface area contributed by atoms with E-state index in [2.05, 4.69) is 21.8 Å². The Kier molecular flexibility index (Phi) is 4.07. The molecule has 1 saturated heterocycles. The summed E-state index contributed by atoms with van der Waals surface area (Å²) in [6.07, 6.45) is 7.71. The van der Waals surface area contributed by atoms with Crippen molar-refractivity contribution in [3.8, 4) is 0 Å². The van der Waals surface area contributed by atoms with Crippen LogP contribution in [0.2, 0.25) is 0 Å². The maximum absolute atomic E-state index is 5.94. The van der Waals surface area contributed by atoms with Crippen molar-refractivity contribution in [3.05, 3.63) is 23.8 Å². The van der Waals surface area contributed by atoms with Crippen molar-refractivity contribution >= 4 is 0 Å². The number of piperidine rings is 1. The molecule has 1 fully saturated rings. The van der Waals surface area contributed by atoms with Gasteiger partial charge in [-0.2, -0.15) is 0 Å². The SMILES string of the molecule is Cc1ncc([C@H](CN)N2CCCCC2C)cn1. The molecule has 0 saturated carbocycles. The molecule has 1 aliphatic rings. The fourth-order valence-corrected chi connectivity index (χ4v) is 2.62. The zero-order valence-corrected chi connectivity index (χ0v) is 10.8. The Labute approximate surface area is 103 Å². The zero-order chi connectivity index (χ0) is 12.3. The Bertz CT molecular complexity index is 349. The van der Waals surface area contributed by atoms with E-state index in [1.165, 1.54) is 19.3 Å². The molecule has 0 radical (unpaired) electrons. The summed E-state index contributed by atoms with van der Waals surface area (Å²) in [4.78, 5) is 11.0. The molecule has 1 aromatic rings. The van der Waals surface area contributed by atoms with E-state index in [1.807, 2.05) is 19.3 Å². The lowest BCUT2D eigenvalue weighted by molar-refractivity contribution is 0.108. The van der Waals surface area contributed by atoms with E-state index < -0.39 is 0 Å². The van der Waals surface area contributed by atoms with Crippen molar-refractivity contribution in [1.29, 1.82) is 0 Å². The van der Waals surface area contributed by atoms with Crippen molar-refractivity contribution in [2.45, 2.75) is 45.2 Å². The number of hydrogen-bond donors (Lipinski definition) is 1. The summed E-state index contributed by atoms with van der Waals surface area (Å²) in [5.74, 6) is 0.816. The van der Waals surface area contributed by atoms with Crippen molar-refractivity contribution in [2.24, 2.45) is 5.73 Å². The van der Waals surface area contributed by atoms with Gasteiger partial charge in [0.05, 0.1) is 6.04 Å². The smallest absolute Gasteiger partial charge is 0.125 e. The van der Waals surface area contributed by atoms with Gasteiger partial charge in [-0.05, 0) is 33.2 Å². The second-order valence-electron chi connectivity index (χ2n) is 4.90. The van der Waals surface area contributed by atoms with Crippen LogP contribution < -0.4 is 5.73 Å². The summed E-state index contributed by atoms with van der Waals surface area (Å²) >= 11 is 0. The van der Waals surface area contributed by atoms with E-state index in [1.54, 1.807) is 0 Å². The van der Waals surface area contributed by atoms with Crippen LogP contribution in [0.4, 0.5) is 0 Å². The average molecular weight is 234 g/mol. The lowest BCUT2D eigenvalue weighted by atomic mass is 9.98. The van der Waals surface area contributed by atoms with Gasteiger partial charge in [-0.3, -0.25) is 4.90 Å². The Morgan fingerprint density at radius 1 is 1.41 bits per heavy atom. The Balaban J connectivity index is 2.17. The van der Waals surface area contributed by atoms with Gasteiger partial charge in [0, 0.05) is 30.5 Å². The molecular formula is C13H22N4. The van der Waals surface area contributed by atoms with Crippen LogP contribution in [0.5, 0.6) is 0 Å². The lowest BCUT2D eigenvalue weighted by Gasteiger charge is -2.39. The van der Waals surface area contributed by atoms with Gasteiger partial charge < -0.3 is 5.73 Å². The van der Waals surface area contributed by atoms with Gasteiger partial charge in [-0.15, -0.1) is 0 Å². The number of rotatable bonds is 3. The second-order valence-corrected chi connectivity index (χ2v) is 4.90. The van der Waals surface area contributed by atoms with Gasteiger partial charge in [0.15, 0.2) is 0 Å². The third kappa shape index (κ3) is 2.82. The van der Waals surface area contributed by atoms with Crippen LogP contribution in [-0.2, 0) is 0 Å². The normalized spacial score (nSPS) is 23.6. The highest BCUT2D eigenvalue weighted by molar-refractivity contribution is 5.12. The largest absolute Gasteiger partial charge is 0.329 e. The minimum atomic E-state index is 0.269. The summed E-state index contributed by atoms with van der Waals surface area (Å²) in [6, 6.07) is 0.879. The Hall–Kier alpha value is -1.00. The highest BCUT2D eigenvalue weighted by atomic mass is 15.2. The molecular weight excluding hydrogens is 212 g/mol. The third-order valence-corrected chi connectivity index (χ3v) is 3.66. The minimum absolute atomic E-state index is 0.269. The molecule has 1 aliphatic heterocycles. The molecule has 4 heteroatoms. The van der Waals surface area contributed by atoms with E-state index in [-0.39, 0.29) is 6.04 Å². The molecule has 1 unspecified atom stereocenters. The number of aromatic nitrogens is 2.